The molecule has 2 aromatic heterocycles. The van der Waals surface area contributed by atoms with Crippen LogP contribution in [0.3, 0.4) is 0 Å². The minimum Gasteiger partial charge on any atom is -0.340 e. The molecular formula is C15H21N5O2. The molecule has 22 heavy (non-hydrogen) atoms. The summed E-state index contributed by atoms with van der Waals surface area (Å²) in [7, 11) is 0. The van der Waals surface area contributed by atoms with Gasteiger partial charge in [0.1, 0.15) is 11.5 Å². The van der Waals surface area contributed by atoms with Crippen LogP contribution in [0, 0.1) is 6.92 Å². The number of H-pyrrole nitrogens is 1. The van der Waals surface area contributed by atoms with E-state index in [1.165, 1.54) is 0 Å². The van der Waals surface area contributed by atoms with Gasteiger partial charge in [-0.15, -0.1) is 0 Å². The SMILES string of the molecule is Cc1nc([C@H]2CCCN(C(=O)c3cnc(C(C)C)[nH]3)C2)no1. The number of aryl methyl sites for hydroxylation is 1. The molecule has 1 atom stereocenters. The molecule has 3 heterocycles. The minimum absolute atomic E-state index is 0.00989. The van der Waals surface area contributed by atoms with Gasteiger partial charge >= 0.3 is 0 Å². The van der Waals surface area contributed by atoms with Crippen LogP contribution in [-0.4, -0.2) is 44.0 Å². The lowest BCUT2D eigenvalue weighted by atomic mass is 9.97. The van der Waals surface area contributed by atoms with Crippen molar-refractivity contribution >= 4 is 5.91 Å². The van der Waals surface area contributed by atoms with Crippen molar-refractivity contribution in [3.8, 4) is 0 Å². The topological polar surface area (TPSA) is 87.9 Å². The van der Waals surface area contributed by atoms with E-state index in [9.17, 15) is 4.79 Å². The van der Waals surface area contributed by atoms with Gasteiger partial charge in [-0.05, 0) is 12.8 Å². The Kier molecular flexibility index (Phi) is 3.96. The van der Waals surface area contributed by atoms with Crippen molar-refractivity contribution < 1.29 is 9.32 Å². The summed E-state index contributed by atoms with van der Waals surface area (Å²) < 4.78 is 5.05. The number of nitrogens with zero attached hydrogens (tertiary/aromatic N) is 4. The predicted molar refractivity (Wildman–Crippen MR) is 79.6 cm³/mol. The molecular weight excluding hydrogens is 282 g/mol. The fourth-order valence-electron chi connectivity index (χ4n) is 2.76. The van der Waals surface area contributed by atoms with Crippen LogP contribution in [0.5, 0.6) is 0 Å². The molecule has 118 valence electrons. The first-order valence-electron chi connectivity index (χ1n) is 7.69. The van der Waals surface area contributed by atoms with E-state index in [1.54, 1.807) is 13.1 Å². The maximum Gasteiger partial charge on any atom is 0.271 e. The van der Waals surface area contributed by atoms with Crippen molar-refractivity contribution in [3.63, 3.8) is 0 Å². The molecule has 1 amide bonds. The van der Waals surface area contributed by atoms with E-state index in [0.29, 0.717) is 24.0 Å². The monoisotopic (exact) mass is 303 g/mol. The fourth-order valence-corrected chi connectivity index (χ4v) is 2.76. The Hall–Kier alpha value is -2.18. The number of carbonyl (C=O) groups is 1. The largest absolute Gasteiger partial charge is 0.340 e. The minimum atomic E-state index is -0.00989. The molecule has 1 aliphatic rings. The van der Waals surface area contributed by atoms with E-state index in [1.807, 2.05) is 18.7 Å². The summed E-state index contributed by atoms with van der Waals surface area (Å²) in [5, 5.41) is 3.99. The number of rotatable bonds is 3. The molecule has 0 aromatic carbocycles. The molecule has 1 N–H and O–H groups in total. The number of carbonyl (C=O) groups excluding carboxylic acids is 1. The van der Waals surface area contributed by atoms with Gasteiger partial charge in [0.2, 0.25) is 5.89 Å². The summed E-state index contributed by atoms with van der Waals surface area (Å²) in [5.41, 5.74) is 0.550. The Morgan fingerprint density at radius 3 is 2.95 bits per heavy atom. The third-order valence-electron chi connectivity index (χ3n) is 3.99. The molecule has 0 unspecified atom stereocenters. The van der Waals surface area contributed by atoms with Gasteiger partial charge in [0.25, 0.3) is 5.91 Å². The highest BCUT2D eigenvalue weighted by molar-refractivity contribution is 5.92. The first-order valence-corrected chi connectivity index (χ1v) is 7.69. The molecule has 0 radical (unpaired) electrons. The van der Waals surface area contributed by atoms with Crippen molar-refractivity contribution in [2.75, 3.05) is 13.1 Å². The van der Waals surface area contributed by atoms with Crippen LogP contribution in [0.2, 0.25) is 0 Å². The van der Waals surface area contributed by atoms with Crippen LogP contribution in [-0.2, 0) is 0 Å². The number of hydrogen-bond donors (Lipinski definition) is 1. The smallest absolute Gasteiger partial charge is 0.271 e. The van der Waals surface area contributed by atoms with Gasteiger partial charge < -0.3 is 14.4 Å². The summed E-state index contributed by atoms with van der Waals surface area (Å²) in [6.45, 7) is 7.24. The first kappa shape index (κ1) is 14.7. The summed E-state index contributed by atoms with van der Waals surface area (Å²) in [6.07, 6.45) is 3.54. The summed E-state index contributed by atoms with van der Waals surface area (Å²) >= 11 is 0. The molecule has 0 saturated carbocycles. The molecule has 0 spiro atoms. The maximum absolute atomic E-state index is 12.6. The lowest BCUT2D eigenvalue weighted by Crippen LogP contribution is -2.39. The number of aromatic amines is 1. The summed E-state index contributed by atoms with van der Waals surface area (Å²) in [5.74, 6) is 2.51. The van der Waals surface area contributed by atoms with Crippen LogP contribution in [0.25, 0.3) is 0 Å². The van der Waals surface area contributed by atoms with Crippen molar-refractivity contribution in [1.29, 1.82) is 0 Å². The standard InChI is InChI=1S/C15H21N5O2/c1-9(2)13-16-7-12(18-13)15(21)20-6-4-5-11(8-20)14-17-10(3)22-19-14/h7,9,11H,4-6,8H2,1-3H3,(H,16,18)/t11-/m0/s1. The Morgan fingerprint density at radius 2 is 2.32 bits per heavy atom. The molecule has 7 nitrogen and oxygen atoms in total. The van der Waals surface area contributed by atoms with E-state index in [-0.39, 0.29) is 17.7 Å². The average molecular weight is 303 g/mol. The van der Waals surface area contributed by atoms with Crippen LogP contribution in [0.15, 0.2) is 10.7 Å². The second-order valence-corrected chi connectivity index (χ2v) is 6.10. The van der Waals surface area contributed by atoms with Gasteiger partial charge in [-0.2, -0.15) is 4.98 Å². The molecule has 3 rings (SSSR count). The van der Waals surface area contributed by atoms with Crippen LogP contribution >= 0.6 is 0 Å². The predicted octanol–water partition coefficient (Wildman–Crippen LogP) is 2.24. The number of amides is 1. The summed E-state index contributed by atoms with van der Waals surface area (Å²) in [4.78, 5) is 26.1. The van der Waals surface area contributed by atoms with E-state index in [4.69, 9.17) is 4.52 Å². The van der Waals surface area contributed by atoms with Gasteiger partial charge in [-0.1, -0.05) is 19.0 Å². The number of piperidine rings is 1. The Morgan fingerprint density at radius 1 is 1.50 bits per heavy atom. The zero-order valence-corrected chi connectivity index (χ0v) is 13.2. The van der Waals surface area contributed by atoms with Crippen LogP contribution in [0.4, 0.5) is 0 Å². The van der Waals surface area contributed by atoms with Crippen molar-refractivity contribution in [3.05, 3.63) is 29.4 Å². The third kappa shape index (κ3) is 2.88. The molecule has 1 fully saturated rings. The van der Waals surface area contributed by atoms with Gasteiger partial charge in [0.05, 0.1) is 6.20 Å². The van der Waals surface area contributed by atoms with Crippen LogP contribution in [0.1, 0.15) is 66.6 Å². The van der Waals surface area contributed by atoms with Gasteiger partial charge in [-0.3, -0.25) is 4.79 Å². The number of imidazole rings is 1. The van der Waals surface area contributed by atoms with Crippen LogP contribution < -0.4 is 0 Å². The number of aromatic nitrogens is 4. The van der Waals surface area contributed by atoms with Gasteiger partial charge in [0, 0.05) is 31.8 Å². The average Bonchev–Trinajstić information content (AvgIpc) is 3.15. The lowest BCUT2D eigenvalue weighted by molar-refractivity contribution is 0.0698. The molecule has 2 aromatic rings. The molecule has 0 aliphatic carbocycles. The van der Waals surface area contributed by atoms with E-state index in [0.717, 1.165) is 25.2 Å². The number of nitrogens with one attached hydrogen (secondary N) is 1. The zero-order chi connectivity index (χ0) is 15.7. The highest BCUT2D eigenvalue weighted by atomic mass is 16.5. The Bertz CT molecular complexity index is 660. The highest BCUT2D eigenvalue weighted by Crippen LogP contribution is 2.25. The zero-order valence-electron chi connectivity index (χ0n) is 13.2. The third-order valence-corrected chi connectivity index (χ3v) is 3.99. The summed E-state index contributed by atoms with van der Waals surface area (Å²) in [6, 6.07) is 0. The second-order valence-electron chi connectivity index (χ2n) is 6.10. The maximum atomic E-state index is 12.6. The normalized spacial score (nSPS) is 18.9. The Balaban J connectivity index is 1.72. The molecule has 7 heteroatoms. The quantitative estimate of drug-likeness (QED) is 0.939. The van der Waals surface area contributed by atoms with Crippen molar-refractivity contribution in [2.24, 2.45) is 0 Å². The highest BCUT2D eigenvalue weighted by Gasteiger charge is 2.29. The van der Waals surface area contributed by atoms with E-state index >= 15 is 0 Å². The first-order chi connectivity index (χ1) is 10.5. The van der Waals surface area contributed by atoms with Crippen molar-refractivity contribution in [2.45, 2.75) is 45.4 Å². The fraction of sp³-hybridized carbons (Fsp3) is 0.600. The molecule has 1 aliphatic heterocycles. The lowest BCUT2D eigenvalue weighted by Gasteiger charge is -2.30. The van der Waals surface area contributed by atoms with Gasteiger partial charge in [-0.25, -0.2) is 4.98 Å². The number of hydrogen-bond acceptors (Lipinski definition) is 5. The van der Waals surface area contributed by atoms with E-state index < -0.39 is 0 Å². The molecule has 1 saturated heterocycles. The van der Waals surface area contributed by atoms with Crippen molar-refractivity contribution in [1.82, 2.24) is 25.0 Å². The Labute approximate surface area is 129 Å². The second kappa shape index (κ2) is 5.90. The molecule has 0 bridgehead atoms. The number of likely N-dealkylation sites (tertiary alicyclic amines) is 1. The van der Waals surface area contributed by atoms with E-state index in [2.05, 4.69) is 20.1 Å². The van der Waals surface area contributed by atoms with Gasteiger partial charge in [0.15, 0.2) is 5.82 Å².